The van der Waals surface area contributed by atoms with Gasteiger partial charge in [0.25, 0.3) is 5.91 Å². The summed E-state index contributed by atoms with van der Waals surface area (Å²) in [6, 6.07) is 12.2. The van der Waals surface area contributed by atoms with Crippen LogP contribution in [0.3, 0.4) is 0 Å². The number of likely N-dealkylation sites (tertiary alicyclic amines) is 1. The smallest absolute Gasteiger partial charge is 0.274 e. The first-order chi connectivity index (χ1) is 16.9. The lowest BCUT2D eigenvalue weighted by molar-refractivity contribution is -0.121. The number of carbonyl (C=O) groups is 2. The van der Waals surface area contributed by atoms with Gasteiger partial charge in [0.2, 0.25) is 5.91 Å². The standard InChI is InChI=1S/C27H29FN4O3/c1-17-3-8-22(18(2)13-17)30-26(33)20-9-11-31(12-10-20)27(34)25-23-15-35-24(14-32(23)16-29-25)19-4-6-21(28)7-5-19/h3-8,13,16,20,24H,9-12,14-15H2,1-2H3,(H,30,33)/t24-/m0/s1. The predicted octanol–water partition coefficient (Wildman–Crippen LogP) is 4.40. The van der Waals surface area contributed by atoms with Crippen LogP contribution in [0.5, 0.6) is 0 Å². The molecular weight excluding hydrogens is 447 g/mol. The van der Waals surface area contributed by atoms with E-state index in [0.717, 1.165) is 28.1 Å². The van der Waals surface area contributed by atoms with Crippen LogP contribution in [0.4, 0.5) is 10.1 Å². The van der Waals surface area contributed by atoms with Crippen LogP contribution in [-0.4, -0.2) is 39.4 Å². The zero-order valence-corrected chi connectivity index (χ0v) is 20.0. The minimum atomic E-state index is -0.285. The normalized spacial score (nSPS) is 18.3. The van der Waals surface area contributed by atoms with Gasteiger partial charge in [-0.15, -0.1) is 0 Å². The Morgan fingerprint density at radius 1 is 1.09 bits per heavy atom. The third kappa shape index (κ3) is 4.84. The molecule has 8 heteroatoms. The van der Waals surface area contributed by atoms with E-state index in [1.54, 1.807) is 23.4 Å². The maximum Gasteiger partial charge on any atom is 0.274 e. The van der Waals surface area contributed by atoms with E-state index in [-0.39, 0.29) is 36.3 Å². The lowest BCUT2D eigenvalue weighted by atomic mass is 9.95. The molecule has 7 nitrogen and oxygen atoms in total. The van der Waals surface area contributed by atoms with Crippen LogP contribution in [-0.2, 0) is 22.7 Å². The van der Waals surface area contributed by atoms with Gasteiger partial charge in [-0.2, -0.15) is 0 Å². The number of ether oxygens (including phenoxy) is 1. The van der Waals surface area contributed by atoms with Crippen LogP contribution >= 0.6 is 0 Å². The first-order valence-electron chi connectivity index (χ1n) is 12.0. The Morgan fingerprint density at radius 3 is 2.54 bits per heavy atom. The molecular formula is C27H29FN4O3. The average molecular weight is 477 g/mol. The number of fused-ring (bicyclic) bond motifs is 1. The molecule has 1 atom stereocenters. The van der Waals surface area contributed by atoms with Crippen molar-refractivity contribution in [2.45, 2.75) is 45.9 Å². The largest absolute Gasteiger partial charge is 0.365 e. The summed E-state index contributed by atoms with van der Waals surface area (Å²) in [4.78, 5) is 32.2. The number of imidazole rings is 1. The van der Waals surface area contributed by atoms with Crippen LogP contribution in [0.1, 0.15) is 51.8 Å². The zero-order valence-electron chi connectivity index (χ0n) is 20.0. The van der Waals surface area contributed by atoms with Crippen molar-refractivity contribution in [2.24, 2.45) is 5.92 Å². The molecule has 0 aliphatic carbocycles. The van der Waals surface area contributed by atoms with Crippen LogP contribution in [0, 0.1) is 25.6 Å². The summed E-state index contributed by atoms with van der Waals surface area (Å²) in [5, 5.41) is 3.04. The summed E-state index contributed by atoms with van der Waals surface area (Å²) >= 11 is 0. The molecule has 1 N–H and O–H groups in total. The Balaban J connectivity index is 1.19. The molecule has 2 aromatic carbocycles. The number of carbonyl (C=O) groups excluding carboxylic acids is 2. The van der Waals surface area contributed by atoms with E-state index >= 15 is 0 Å². The minimum absolute atomic E-state index is 0.00339. The van der Waals surface area contributed by atoms with Crippen molar-refractivity contribution in [2.75, 3.05) is 18.4 Å². The molecule has 1 saturated heterocycles. The van der Waals surface area contributed by atoms with E-state index in [1.165, 1.54) is 12.1 Å². The summed E-state index contributed by atoms with van der Waals surface area (Å²) < 4.78 is 21.2. The van der Waals surface area contributed by atoms with Crippen molar-refractivity contribution in [3.05, 3.63) is 82.7 Å². The number of nitrogens with zero attached hydrogens (tertiary/aromatic N) is 3. The number of rotatable bonds is 4. The van der Waals surface area contributed by atoms with Crippen LogP contribution in [0.25, 0.3) is 0 Å². The van der Waals surface area contributed by atoms with E-state index < -0.39 is 0 Å². The highest BCUT2D eigenvalue weighted by molar-refractivity contribution is 5.95. The average Bonchev–Trinajstić information content (AvgIpc) is 3.29. The third-order valence-electron chi connectivity index (χ3n) is 6.97. The van der Waals surface area contributed by atoms with E-state index in [0.29, 0.717) is 38.2 Å². The highest BCUT2D eigenvalue weighted by atomic mass is 19.1. The number of aryl methyl sites for hydroxylation is 2. The monoisotopic (exact) mass is 476 g/mol. The van der Waals surface area contributed by atoms with Crippen molar-refractivity contribution < 1.29 is 18.7 Å². The molecule has 182 valence electrons. The fourth-order valence-corrected chi connectivity index (χ4v) is 4.87. The van der Waals surface area contributed by atoms with E-state index in [1.807, 2.05) is 36.6 Å². The molecule has 0 saturated carbocycles. The molecule has 2 aliphatic rings. The number of hydrogen-bond acceptors (Lipinski definition) is 4. The second kappa shape index (κ2) is 9.62. The van der Waals surface area contributed by atoms with Gasteiger partial charge in [0.05, 0.1) is 25.2 Å². The topological polar surface area (TPSA) is 76.5 Å². The molecule has 1 fully saturated rings. The molecule has 5 rings (SSSR count). The fraction of sp³-hybridized carbons (Fsp3) is 0.370. The van der Waals surface area contributed by atoms with Gasteiger partial charge in [-0.05, 0) is 56.0 Å². The van der Waals surface area contributed by atoms with Gasteiger partial charge in [0.15, 0.2) is 5.69 Å². The lowest BCUT2D eigenvalue weighted by Crippen LogP contribution is -2.42. The van der Waals surface area contributed by atoms with Gasteiger partial charge >= 0.3 is 0 Å². The molecule has 0 bridgehead atoms. The summed E-state index contributed by atoms with van der Waals surface area (Å²) in [5.74, 6) is -0.540. The lowest BCUT2D eigenvalue weighted by Gasteiger charge is -2.31. The number of amides is 2. The summed E-state index contributed by atoms with van der Waals surface area (Å²) in [5.41, 5.74) is 5.08. The maximum absolute atomic E-state index is 13.2. The molecule has 35 heavy (non-hydrogen) atoms. The van der Waals surface area contributed by atoms with Crippen molar-refractivity contribution in [1.29, 1.82) is 0 Å². The van der Waals surface area contributed by atoms with Crippen molar-refractivity contribution in [3.63, 3.8) is 0 Å². The number of piperidine rings is 1. The van der Waals surface area contributed by atoms with E-state index in [9.17, 15) is 14.0 Å². The van der Waals surface area contributed by atoms with Crippen LogP contribution < -0.4 is 5.32 Å². The quantitative estimate of drug-likeness (QED) is 0.606. The Labute approximate surface area is 203 Å². The molecule has 2 amide bonds. The Hall–Kier alpha value is -3.52. The van der Waals surface area contributed by atoms with Gasteiger partial charge < -0.3 is 19.5 Å². The maximum atomic E-state index is 13.2. The van der Waals surface area contributed by atoms with Gasteiger partial charge in [-0.1, -0.05) is 29.8 Å². The summed E-state index contributed by atoms with van der Waals surface area (Å²) in [6.07, 6.45) is 2.68. The van der Waals surface area contributed by atoms with Crippen LogP contribution in [0.2, 0.25) is 0 Å². The molecule has 2 aliphatic heterocycles. The van der Waals surface area contributed by atoms with Gasteiger partial charge in [-0.25, -0.2) is 9.37 Å². The van der Waals surface area contributed by atoms with Crippen molar-refractivity contribution >= 4 is 17.5 Å². The van der Waals surface area contributed by atoms with Gasteiger partial charge in [0, 0.05) is 24.7 Å². The number of benzene rings is 2. The van der Waals surface area contributed by atoms with Crippen molar-refractivity contribution in [1.82, 2.24) is 14.5 Å². The SMILES string of the molecule is Cc1ccc(NC(=O)C2CCN(C(=O)c3ncn4c3CO[C@H](c3ccc(F)cc3)C4)CC2)c(C)c1. The zero-order chi connectivity index (χ0) is 24.5. The highest BCUT2D eigenvalue weighted by Gasteiger charge is 2.32. The second-order valence-corrected chi connectivity index (χ2v) is 9.42. The second-order valence-electron chi connectivity index (χ2n) is 9.42. The number of hydrogen-bond donors (Lipinski definition) is 1. The minimum Gasteiger partial charge on any atom is -0.365 e. The number of halogens is 1. The van der Waals surface area contributed by atoms with E-state index in [4.69, 9.17) is 4.74 Å². The fourth-order valence-electron chi connectivity index (χ4n) is 4.87. The van der Waals surface area contributed by atoms with E-state index in [2.05, 4.69) is 10.3 Å². The number of aromatic nitrogens is 2. The number of anilines is 1. The first-order valence-corrected chi connectivity index (χ1v) is 12.0. The summed E-state index contributed by atoms with van der Waals surface area (Å²) in [6.45, 7) is 5.81. The third-order valence-corrected chi connectivity index (χ3v) is 6.97. The van der Waals surface area contributed by atoms with Crippen molar-refractivity contribution in [3.8, 4) is 0 Å². The Morgan fingerprint density at radius 2 is 1.83 bits per heavy atom. The molecule has 0 unspecified atom stereocenters. The molecule has 0 radical (unpaired) electrons. The van der Waals surface area contributed by atoms with Gasteiger partial charge in [0.1, 0.15) is 11.9 Å². The number of nitrogens with one attached hydrogen (secondary N) is 1. The first kappa shape index (κ1) is 23.2. The molecule has 3 heterocycles. The Bertz CT molecular complexity index is 1250. The molecule has 1 aromatic heterocycles. The molecule has 0 spiro atoms. The van der Waals surface area contributed by atoms with Crippen LogP contribution in [0.15, 0.2) is 48.8 Å². The highest BCUT2D eigenvalue weighted by Crippen LogP contribution is 2.29. The molecule has 3 aromatic rings. The van der Waals surface area contributed by atoms with Gasteiger partial charge in [-0.3, -0.25) is 9.59 Å². The predicted molar refractivity (Wildman–Crippen MR) is 129 cm³/mol. The Kier molecular flexibility index (Phi) is 6.38. The summed E-state index contributed by atoms with van der Waals surface area (Å²) in [7, 11) is 0.